The number of halogens is 2. The maximum atomic E-state index is 13.0. The highest BCUT2D eigenvalue weighted by molar-refractivity contribution is 7.89. The highest BCUT2D eigenvalue weighted by Crippen LogP contribution is 2.26. The molecule has 2 aromatic rings. The lowest BCUT2D eigenvalue weighted by Crippen LogP contribution is -2.38. The first-order chi connectivity index (χ1) is 13.2. The lowest BCUT2D eigenvalue weighted by Gasteiger charge is -2.22. The van der Waals surface area contributed by atoms with Crippen LogP contribution in [0.4, 0.5) is 0 Å². The van der Waals surface area contributed by atoms with Gasteiger partial charge in [0.25, 0.3) is 0 Å². The number of carbonyl (C=O) groups is 1. The molecule has 1 aromatic carbocycles. The minimum absolute atomic E-state index is 0.0785. The van der Waals surface area contributed by atoms with E-state index in [9.17, 15) is 13.2 Å². The van der Waals surface area contributed by atoms with Gasteiger partial charge in [0.15, 0.2) is 5.76 Å². The van der Waals surface area contributed by atoms with Crippen LogP contribution in [0.15, 0.2) is 27.6 Å². The Kier molecular flexibility index (Phi) is 6.34. The molecule has 3 rings (SSSR count). The van der Waals surface area contributed by atoms with Crippen LogP contribution in [0.1, 0.15) is 23.4 Å². The van der Waals surface area contributed by atoms with Crippen molar-refractivity contribution in [3.63, 3.8) is 0 Å². The number of sulfonamides is 1. The number of hydrogen-bond donors (Lipinski definition) is 0. The van der Waals surface area contributed by atoms with Crippen LogP contribution in [0.5, 0.6) is 0 Å². The normalized spacial score (nSPS) is 16.2. The quantitative estimate of drug-likeness (QED) is 0.721. The van der Waals surface area contributed by atoms with E-state index >= 15 is 0 Å². The van der Waals surface area contributed by atoms with Gasteiger partial charge in [0.1, 0.15) is 10.6 Å². The van der Waals surface area contributed by atoms with Gasteiger partial charge >= 0.3 is 0 Å². The predicted octanol–water partition coefficient (Wildman–Crippen LogP) is 3.06. The molecule has 1 saturated heterocycles. The Morgan fingerprint density at radius 3 is 2.43 bits per heavy atom. The standard InChI is InChI=1S/C18H21Cl2N3O4S/c1-12-18(13(2)27-21-12)28(25,26)23-8-4-7-22(9-10-23)17(24)11-14-15(19)5-3-6-16(14)20/h3,5-6H,4,7-11H2,1-2H3. The van der Waals surface area contributed by atoms with E-state index < -0.39 is 10.0 Å². The van der Waals surface area contributed by atoms with Crippen LogP contribution in [0.2, 0.25) is 10.0 Å². The molecular formula is C18H21Cl2N3O4S. The van der Waals surface area contributed by atoms with Crippen molar-refractivity contribution in [1.29, 1.82) is 0 Å². The van der Waals surface area contributed by atoms with Gasteiger partial charge in [-0.2, -0.15) is 4.31 Å². The van der Waals surface area contributed by atoms with Gasteiger partial charge in [-0.15, -0.1) is 0 Å². The van der Waals surface area contributed by atoms with E-state index in [1.165, 1.54) is 4.31 Å². The Hall–Kier alpha value is -1.61. The molecule has 152 valence electrons. The molecule has 1 aromatic heterocycles. The van der Waals surface area contributed by atoms with E-state index in [4.69, 9.17) is 27.7 Å². The van der Waals surface area contributed by atoms with Gasteiger partial charge in [-0.1, -0.05) is 34.4 Å². The summed E-state index contributed by atoms with van der Waals surface area (Å²) in [6, 6.07) is 5.11. The first kappa shape index (κ1) is 21.1. The van der Waals surface area contributed by atoms with Crippen LogP contribution in [0.25, 0.3) is 0 Å². The number of hydrogen-bond acceptors (Lipinski definition) is 5. The van der Waals surface area contributed by atoms with E-state index in [0.29, 0.717) is 47.4 Å². The highest BCUT2D eigenvalue weighted by atomic mass is 35.5. The maximum absolute atomic E-state index is 13.0. The summed E-state index contributed by atoms with van der Waals surface area (Å²) in [5.41, 5.74) is 0.920. The summed E-state index contributed by atoms with van der Waals surface area (Å²) in [6.45, 7) is 4.47. The van der Waals surface area contributed by atoms with Crippen molar-refractivity contribution in [2.75, 3.05) is 26.2 Å². The summed E-state index contributed by atoms with van der Waals surface area (Å²) in [5, 5.41) is 4.62. The lowest BCUT2D eigenvalue weighted by molar-refractivity contribution is -0.130. The lowest BCUT2D eigenvalue weighted by atomic mass is 10.1. The van der Waals surface area contributed by atoms with Crippen LogP contribution in [-0.2, 0) is 21.2 Å². The minimum atomic E-state index is -3.73. The Bertz CT molecular complexity index is 951. The summed E-state index contributed by atoms with van der Waals surface area (Å²) >= 11 is 12.3. The summed E-state index contributed by atoms with van der Waals surface area (Å²) in [7, 11) is -3.73. The SMILES string of the molecule is Cc1noc(C)c1S(=O)(=O)N1CCCN(C(=O)Cc2c(Cl)cccc2Cl)CC1. The summed E-state index contributed by atoms with van der Waals surface area (Å²) in [6.07, 6.45) is 0.611. The molecule has 0 unspecified atom stereocenters. The second-order valence-corrected chi connectivity index (χ2v) is 9.36. The van der Waals surface area contributed by atoms with E-state index in [-0.39, 0.29) is 29.5 Å². The van der Waals surface area contributed by atoms with E-state index in [1.807, 2.05) is 0 Å². The van der Waals surface area contributed by atoms with Crippen molar-refractivity contribution >= 4 is 39.1 Å². The fraction of sp³-hybridized carbons (Fsp3) is 0.444. The number of rotatable bonds is 4. The summed E-state index contributed by atoms with van der Waals surface area (Å²) < 4.78 is 32.4. The van der Waals surface area contributed by atoms with Gasteiger partial charge in [0, 0.05) is 36.2 Å². The average Bonchev–Trinajstić information content (AvgIpc) is 2.84. The number of amides is 1. The number of nitrogens with zero attached hydrogens (tertiary/aromatic N) is 3. The molecule has 0 radical (unpaired) electrons. The van der Waals surface area contributed by atoms with Crippen molar-refractivity contribution < 1.29 is 17.7 Å². The van der Waals surface area contributed by atoms with Crippen LogP contribution in [0, 0.1) is 13.8 Å². The molecule has 1 amide bonds. The summed E-state index contributed by atoms with van der Waals surface area (Å²) in [5.74, 6) is 0.134. The second kappa shape index (κ2) is 8.41. The fourth-order valence-electron chi connectivity index (χ4n) is 3.32. The molecule has 0 bridgehead atoms. The Morgan fingerprint density at radius 2 is 1.82 bits per heavy atom. The van der Waals surface area contributed by atoms with E-state index in [2.05, 4.69) is 5.16 Å². The van der Waals surface area contributed by atoms with Gasteiger partial charge in [0.2, 0.25) is 15.9 Å². The third kappa shape index (κ3) is 4.20. The van der Waals surface area contributed by atoms with Gasteiger partial charge in [-0.05, 0) is 38.0 Å². The van der Waals surface area contributed by atoms with Crippen molar-refractivity contribution in [2.45, 2.75) is 31.6 Å². The number of aromatic nitrogens is 1. The first-order valence-corrected chi connectivity index (χ1v) is 11.0. The highest BCUT2D eigenvalue weighted by Gasteiger charge is 2.33. The van der Waals surface area contributed by atoms with Gasteiger partial charge in [-0.25, -0.2) is 8.42 Å². The van der Waals surface area contributed by atoms with Crippen LogP contribution >= 0.6 is 23.2 Å². The molecule has 0 saturated carbocycles. The monoisotopic (exact) mass is 445 g/mol. The van der Waals surface area contributed by atoms with E-state index in [0.717, 1.165) is 0 Å². The maximum Gasteiger partial charge on any atom is 0.248 e. The molecule has 1 aliphatic rings. The molecule has 1 fully saturated rings. The van der Waals surface area contributed by atoms with Gasteiger partial charge in [-0.3, -0.25) is 4.79 Å². The summed E-state index contributed by atoms with van der Waals surface area (Å²) in [4.78, 5) is 14.5. The Labute approximate surface area is 174 Å². The second-order valence-electron chi connectivity index (χ2n) is 6.67. The molecule has 0 N–H and O–H groups in total. The Morgan fingerprint density at radius 1 is 1.14 bits per heavy atom. The molecule has 1 aliphatic heterocycles. The van der Waals surface area contributed by atoms with Crippen LogP contribution in [-0.4, -0.2) is 54.9 Å². The third-order valence-corrected chi connectivity index (χ3v) is 7.61. The average molecular weight is 446 g/mol. The van der Waals surface area contributed by atoms with Crippen molar-refractivity contribution in [1.82, 2.24) is 14.4 Å². The predicted molar refractivity (Wildman–Crippen MR) is 106 cm³/mol. The molecule has 10 heteroatoms. The van der Waals surface area contributed by atoms with Crippen molar-refractivity contribution in [3.05, 3.63) is 45.3 Å². The third-order valence-electron chi connectivity index (χ3n) is 4.76. The van der Waals surface area contributed by atoms with E-state index in [1.54, 1.807) is 36.9 Å². The number of carbonyl (C=O) groups excluding carboxylic acids is 1. The Balaban J connectivity index is 1.72. The zero-order valence-corrected chi connectivity index (χ0v) is 17.9. The molecular weight excluding hydrogens is 425 g/mol. The number of benzene rings is 1. The van der Waals surface area contributed by atoms with Crippen LogP contribution < -0.4 is 0 Å². The largest absolute Gasteiger partial charge is 0.360 e. The molecule has 0 spiro atoms. The zero-order chi connectivity index (χ0) is 20.5. The smallest absolute Gasteiger partial charge is 0.248 e. The minimum Gasteiger partial charge on any atom is -0.360 e. The zero-order valence-electron chi connectivity index (χ0n) is 15.6. The van der Waals surface area contributed by atoms with Gasteiger partial charge in [0.05, 0.1) is 6.42 Å². The first-order valence-electron chi connectivity index (χ1n) is 8.85. The molecule has 0 atom stereocenters. The fourth-order valence-corrected chi connectivity index (χ4v) is 5.61. The molecule has 2 heterocycles. The molecule has 7 nitrogen and oxygen atoms in total. The van der Waals surface area contributed by atoms with Crippen molar-refractivity contribution in [2.24, 2.45) is 0 Å². The number of aryl methyl sites for hydroxylation is 2. The molecule has 0 aliphatic carbocycles. The van der Waals surface area contributed by atoms with Crippen molar-refractivity contribution in [3.8, 4) is 0 Å². The van der Waals surface area contributed by atoms with Crippen LogP contribution in [0.3, 0.4) is 0 Å². The molecule has 28 heavy (non-hydrogen) atoms. The van der Waals surface area contributed by atoms with Gasteiger partial charge < -0.3 is 9.42 Å². The topological polar surface area (TPSA) is 83.7 Å².